The van der Waals surface area contributed by atoms with E-state index < -0.39 is 12.0 Å². The van der Waals surface area contributed by atoms with E-state index in [2.05, 4.69) is 5.32 Å². The highest BCUT2D eigenvalue weighted by Crippen LogP contribution is 2.12. The lowest BCUT2D eigenvalue weighted by Crippen LogP contribution is -2.42. The first kappa shape index (κ1) is 16.0. The van der Waals surface area contributed by atoms with E-state index in [1.54, 1.807) is 24.3 Å². The molecule has 5 heteroatoms. The first-order valence-electron chi connectivity index (χ1n) is 6.74. The van der Waals surface area contributed by atoms with Gasteiger partial charge in [0, 0.05) is 13.3 Å². The smallest absolute Gasteiger partial charge is 0.328 e. The second-order valence-electron chi connectivity index (χ2n) is 4.64. The number of ether oxygens (including phenoxy) is 1. The number of amides is 1. The Morgan fingerprint density at radius 3 is 2.50 bits per heavy atom. The van der Waals surface area contributed by atoms with Gasteiger partial charge in [-0.3, -0.25) is 4.79 Å². The summed E-state index contributed by atoms with van der Waals surface area (Å²) in [6.45, 7) is 3.74. The molecule has 0 aromatic heterocycles. The number of carbonyl (C=O) groups excluding carboxylic acids is 2. The highest BCUT2D eigenvalue weighted by Gasteiger charge is 2.21. The van der Waals surface area contributed by atoms with Crippen LogP contribution in [0.25, 0.3) is 0 Å². The second kappa shape index (κ2) is 8.19. The van der Waals surface area contributed by atoms with Crippen molar-refractivity contribution in [2.24, 2.45) is 0 Å². The molecule has 0 radical (unpaired) electrons. The third-order valence-corrected chi connectivity index (χ3v) is 2.78. The number of carbonyl (C=O) groups is 2. The Morgan fingerprint density at radius 2 is 1.95 bits per heavy atom. The van der Waals surface area contributed by atoms with Crippen LogP contribution in [-0.2, 0) is 20.7 Å². The molecule has 0 fully saturated rings. The van der Waals surface area contributed by atoms with Crippen LogP contribution in [0.5, 0.6) is 5.75 Å². The molecule has 1 amide bonds. The Morgan fingerprint density at radius 1 is 1.30 bits per heavy atom. The first-order valence-corrected chi connectivity index (χ1v) is 6.74. The zero-order valence-corrected chi connectivity index (χ0v) is 11.9. The molecule has 0 unspecified atom stereocenters. The van der Waals surface area contributed by atoms with Gasteiger partial charge < -0.3 is 15.2 Å². The van der Waals surface area contributed by atoms with E-state index in [0.717, 1.165) is 18.4 Å². The van der Waals surface area contributed by atoms with Crippen LogP contribution in [0, 0.1) is 0 Å². The van der Waals surface area contributed by atoms with Crippen LogP contribution in [0.3, 0.4) is 0 Å². The molecule has 1 aromatic carbocycles. The summed E-state index contributed by atoms with van der Waals surface area (Å²) < 4.78 is 5.14. The summed E-state index contributed by atoms with van der Waals surface area (Å²) in [5, 5.41) is 11.8. The Kier molecular flexibility index (Phi) is 6.56. The van der Waals surface area contributed by atoms with Gasteiger partial charge in [-0.05, 0) is 24.1 Å². The fraction of sp³-hybridized carbons (Fsp3) is 0.467. The van der Waals surface area contributed by atoms with E-state index in [9.17, 15) is 14.7 Å². The van der Waals surface area contributed by atoms with Crippen molar-refractivity contribution in [2.75, 3.05) is 6.61 Å². The molecule has 1 aromatic rings. The molecule has 0 bridgehead atoms. The highest BCUT2D eigenvalue weighted by molar-refractivity contribution is 5.83. The van der Waals surface area contributed by atoms with Crippen molar-refractivity contribution in [3.05, 3.63) is 29.8 Å². The van der Waals surface area contributed by atoms with Crippen molar-refractivity contribution in [1.82, 2.24) is 5.32 Å². The van der Waals surface area contributed by atoms with Crippen molar-refractivity contribution in [2.45, 2.75) is 39.2 Å². The van der Waals surface area contributed by atoms with Gasteiger partial charge in [0.1, 0.15) is 11.8 Å². The molecule has 0 aliphatic carbocycles. The standard InChI is InChI=1S/C15H21NO4/c1-3-4-9-20-15(19)14(16-11(2)17)10-12-5-7-13(18)8-6-12/h5-8,14,18H,3-4,9-10H2,1-2H3,(H,16,17)/t14-/m1/s1. The molecule has 0 saturated heterocycles. The molecular formula is C15H21NO4. The number of unbranched alkanes of at least 4 members (excludes halogenated alkanes) is 1. The number of esters is 1. The SMILES string of the molecule is CCCCOC(=O)[C@@H](Cc1ccc(O)cc1)NC(C)=O. The molecule has 0 aliphatic heterocycles. The average Bonchev–Trinajstić information content (AvgIpc) is 2.40. The molecule has 110 valence electrons. The quantitative estimate of drug-likeness (QED) is 0.589. The minimum atomic E-state index is -0.700. The number of hydrogen-bond donors (Lipinski definition) is 2. The van der Waals surface area contributed by atoms with Gasteiger partial charge in [-0.1, -0.05) is 25.5 Å². The molecule has 5 nitrogen and oxygen atoms in total. The predicted molar refractivity (Wildman–Crippen MR) is 75.3 cm³/mol. The van der Waals surface area contributed by atoms with Crippen LogP contribution in [0.15, 0.2) is 24.3 Å². The van der Waals surface area contributed by atoms with Gasteiger partial charge in [-0.25, -0.2) is 4.79 Å². The van der Waals surface area contributed by atoms with Crippen LogP contribution in [0.1, 0.15) is 32.3 Å². The van der Waals surface area contributed by atoms with Crippen molar-refractivity contribution in [1.29, 1.82) is 0 Å². The van der Waals surface area contributed by atoms with E-state index >= 15 is 0 Å². The lowest BCUT2D eigenvalue weighted by Gasteiger charge is -2.17. The van der Waals surface area contributed by atoms with Gasteiger partial charge >= 0.3 is 5.97 Å². The van der Waals surface area contributed by atoms with Gasteiger partial charge in [0.05, 0.1) is 6.61 Å². The molecule has 0 aliphatic rings. The Labute approximate surface area is 118 Å². The van der Waals surface area contributed by atoms with Crippen LogP contribution < -0.4 is 5.32 Å². The summed E-state index contributed by atoms with van der Waals surface area (Å²) in [7, 11) is 0. The Balaban J connectivity index is 2.65. The largest absolute Gasteiger partial charge is 0.508 e. The number of rotatable bonds is 7. The lowest BCUT2D eigenvalue weighted by molar-refractivity contribution is -0.147. The van der Waals surface area contributed by atoms with Gasteiger partial charge in [-0.2, -0.15) is 0 Å². The molecule has 20 heavy (non-hydrogen) atoms. The van der Waals surface area contributed by atoms with E-state index in [4.69, 9.17) is 4.74 Å². The van der Waals surface area contributed by atoms with Crippen LogP contribution in [0.4, 0.5) is 0 Å². The molecule has 2 N–H and O–H groups in total. The van der Waals surface area contributed by atoms with Gasteiger partial charge in [0.2, 0.25) is 5.91 Å². The summed E-state index contributed by atoms with van der Waals surface area (Å²) in [6, 6.07) is 5.81. The maximum absolute atomic E-state index is 11.9. The number of nitrogens with one attached hydrogen (secondary N) is 1. The summed E-state index contributed by atoms with van der Waals surface area (Å²) in [5.74, 6) is -0.543. The topological polar surface area (TPSA) is 75.6 Å². The monoisotopic (exact) mass is 279 g/mol. The van der Waals surface area contributed by atoms with Crippen molar-refractivity contribution >= 4 is 11.9 Å². The fourth-order valence-corrected chi connectivity index (χ4v) is 1.72. The number of aromatic hydroxyl groups is 1. The van der Waals surface area contributed by atoms with Crippen molar-refractivity contribution in [3.8, 4) is 5.75 Å². The highest BCUT2D eigenvalue weighted by atomic mass is 16.5. The van der Waals surface area contributed by atoms with Gasteiger partial charge in [0.25, 0.3) is 0 Å². The molecule has 0 saturated carbocycles. The normalized spacial score (nSPS) is 11.7. The second-order valence-corrected chi connectivity index (χ2v) is 4.64. The predicted octanol–water partition coefficient (Wildman–Crippen LogP) is 1.78. The molecule has 0 spiro atoms. The van der Waals surface area contributed by atoms with Crippen LogP contribution >= 0.6 is 0 Å². The fourth-order valence-electron chi connectivity index (χ4n) is 1.72. The number of phenolic OH excluding ortho intramolecular Hbond substituents is 1. The van der Waals surface area contributed by atoms with E-state index in [-0.39, 0.29) is 11.7 Å². The van der Waals surface area contributed by atoms with Crippen LogP contribution in [0.2, 0.25) is 0 Å². The molecule has 0 heterocycles. The van der Waals surface area contributed by atoms with Crippen molar-refractivity contribution in [3.63, 3.8) is 0 Å². The van der Waals surface area contributed by atoms with Crippen molar-refractivity contribution < 1.29 is 19.4 Å². The maximum Gasteiger partial charge on any atom is 0.328 e. The summed E-state index contributed by atoms with van der Waals surface area (Å²) in [6.07, 6.45) is 2.08. The van der Waals surface area contributed by atoms with E-state index in [1.807, 2.05) is 6.92 Å². The number of hydrogen-bond acceptors (Lipinski definition) is 4. The van der Waals surface area contributed by atoms with Gasteiger partial charge in [0.15, 0.2) is 0 Å². The molecular weight excluding hydrogens is 258 g/mol. The van der Waals surface area contributed by atoms with E-state index in [1.165, 1.54) is 6.92 Å². The van der Waals surface area contributed by atoms with Crippen LogP contribution in [-0.4, -0.2) is 29.6 Å². The summed E-state index contributed by atoms with van der Waals surface area (Å²) >= 11 is 0. The average molecular weight is 279 g/mol. The number of phenols is 1. The Hall–Kier alpha value is -2.04. The molecule has 1 atom stereocenters. The summed E-state index contributed by atoms with van der Waals surface area (Å²) in [4.78, 5) is 23.1. The number of benzene rings is 1. The minimum Gasteiger partial charge on any atom is -0.508 e. The van der Waals surface area contributed by atoms with E-state index in [0.29, 0.717) is 13.0 Å². The lowest BCUT2D eigenvalue weighted by atomic mass is 10.1. The zero-order chi connectivity index (χ0) is 15.0. The van der Waals surface area contributed by atoms with Gasteiger partial charge in [-0.15, -0.1) is 0 Å². The summed E-state index contributed by atoms with van der Waals surface area (Å²) in [5.41, 5.74) is 0.842. The minimum absolute atomic E-state index is 0.162. The third kappa shape index (κ3) is 5.73. The zero-order valence-electron chi connectivity index (χ0n) is 11.9. The maximum atomic E-state index is 11.9. The third-order valence-electron chi connectivity index (χ3n) is 2.78. The Bertz CT molecular complexity index is 442. The first-order chi connectivity index (χ1) is 9.52. The molecule has 1 rings (SSSR count).